The summed E-state index contributed by atoms with van der Waals surface area (Å²) >= 11 is 9.11. The van der Waals surface area contributed by atoms with E-state index < -0.39 is 11.7 Å². The third-order valence-corrected chi connectivity index (χ3v) is 4.09. The molecule has 23 heavy (non-hydrogen) atoms. The molecule has 0 aliphatic carbocycles. The molecule has 118 valence electrons. The molecule has 2 aromatic carbocycles. The van der Waals surface area contributed by atoms with E-state index in [-0.39, 0.29) is 13.0 Å². The summed E-state index contributed by atoms with van der Waals surface area (Å²) < 4.78 is 12.4. The van der Waals surface area contributed by atoms with Crippen LogP contribution in [0.25, 0.3) is 11.1 Å². The van der Waals surface area contributed by atoms with Crippen molar-refractivity contribution in [1.82, 2.24) is 4.57 Å². The second-order valence-corrected chi connectivity index (χ2v) is 6.08. The summed E-state index contributed by atoms with van der Waals surface area (Å²) in [5.74, 6) is -0.569. The average Bonchev–Trinajstić information content (AvgIpc) is 2.83. The molecule has 0 bridgehead atoms. The zero-order valence-electron chi connectivity index (χ0n) is 11.8. The van der Waals surface area contributed by atoms with Crippen LogP contribution in [-0.4, -0.2) is 10.5 Å². The van der Waals surface area contributed by atoms with Gasteiger partial charge in [0.1, 0.15) is 5.75 Å². The number of ether oxygens (including phenoxy) is 1. The molecule has 0 aliphatic heterocycles. The van der Waals surface area contributed by atoms with Crippen molar-refractivity contribution >= 4 is 44.6 Å². The van der Waals surface area contributed by atoms with E-state index >= 15 is 0 Å². The lowest BCUT2D eigenvalue weighted by atomic mass is 10.3. The first kappa shape index (κ1) is 15.8. The Morgan fingerprint density at radius 1 is 1.26 bits per heavy atom. The van der Waals surface area contributed by atoms with E-state index in [0.29, 0.717) is 26.3 Å². The molecular weight excluding hydrogens is 386 g/mol. The molecule has 0 unspecified atom stereocenters. The Morgan fingerprint density at radius 3 is 2.83 bits per heavy atom. The zero-order chi connectivity index (χ0) is 16.4. The third-order valence-electron chi connectivity index (χ3n) is 3.23. The van der Waals surface area contributed by atoms with Crippen LogP contribution in [0.1, 0.15) is 6.42 Å². The summed E-state index contributed by atoms with van der Waals surface area (Å²) in [6.45, 7) is 0.180. The number of nitrogens with zero attached hydrogens (tertiary/aromatic N) is 1. The molecule has 0 atom stereocenters. The smallest absolute Gasteiger partial charge is 0.419 e. The predicted molar refractivity (Wildman–Crippen MR) is 89.9 cm³/mol. The summed E-state index contributed by atoms with van der Waals surface area (Å²) in [5.41, 5.74) is 1.14. The molecule has 0 fully saturated rings. The first-order valence-electron chi connectivity index (χ1n) is 6.79. The van der Waals surface area contributed by atoms with Crippen LogP contribution in [0.4, 0.5) is 0 Å². The normalized spacial score (nSPS) is 10.9. The summed E-state index contributed by atoms with van der Waals surface area (Å²) in [6.07, 6.45) is 0.0402. The highest BCUT2D eigenvalue weighted by Gasteiger charge is 2.12. The fourth-order valence-electron chi connectivity index (χ4n) is 2.16. The second-order valence-electron chi connectivity index (χ2n) is 4.79. The molecule has 0 amide bonds. The minimum absolute atomic E-state index is 0.0402. The summed E-state index contributed by atoms with van der Waals surface area (Å²) in [6, 6.07) is 11.9. The summed E-state index contributed by atoms with van der Waals surface area (Å²) in [4.78, 5) is 23.8. The number of esters is 1. The van der Waals surface area contributed by atoms with Crippen molar-refractivity contribution in [2.24, 2.45) is 0 Å². The Morgan fingerprint density at radius 2 is 2.04 bits per heavy atom. The molecule has 7 heteroatoms. The fraction of sp³-hybridized carbons (Fsp3) is 0.125. The van der Waals surface area contributed by atoms with Crippen molar-refractivity contribution in [2.75, 3.05) is 0 Å². The largest absolute Gasteiger partial charge is 0.425 e. The number of hydrogen-bond donors (Lipinski definition) is 0. The quantitative estimate of drug-likeness (QED) is 0.494. The highest BCUT2D eigenvalue weighted by atomic mass is 79.9. The Labute approximate surface area is 144 Å². The molecule has 0 saturated heterocycles. The monoisotopic (exact) mass is 395 g/mol. The lowest BCUT2D eigenvalue weighted by Crippen LogP contribution is -2.18. The molecule has 1 heterocycles. The number of aromatic nitrogens is 1. The zero-order valence-corrected chi connectivity index (χ0v) is 14.1. The Balaban J connectivity index is 1.71. The Bertz CT molecular complexity index is 931. The van der Waals surface area contributed by atoms with Gasteiger partial charge in [-0.15, -0.1) is 0 Å². The van der Waals surface area contributed by atoms with E-state index in [1.54, 1.807) is 42.5 Å². The van der Waals surface area contributed by atoms with E-state index in [4.69, 9.17) is 20.8 Å². The molecule has 0 N–H and O–H groups in total. The maximum Gasteiger partial charge on any atom is 0.419 e. The topological polar surface area (TPSA) is 61.4 Å². The van der Waals surface area contributed by atoms with E-state index in [1.807, 2.05) is 0 Å². The van der Waals surface area contributed by atoms with Gasteiger partial charge in [0.15, 0.2) is 5.58 Å². The molecule has 3 rings (SSSR count). The van der Waals surface area contributed by atoms with Gasteiger partial charge in [0.2, 0.25) is 0 Å². The van der Waals surface area contributed by atoms with Crippen LogP contribution >= 0.6 is 27.5 Å². The van der Waals surface area contributed by atoms with Crippen molar-refractivity contribution in [2.45, 2.75) is 13.0 Å². The SMILES string of the molecule is O=C(CCn1c(=O)oc2ccccc21)Oc1ccc(Cl)cc1Br. The van der Waals surface area contributed by atoms with Gasteiger partial charge >= 0.3 is 11.7 Å². The minimum atomic E-state index is -0.494. The number of para-hydroxylation sites is 2. The number of rotatable bonds is 4. The van der Waals surface area contributed by atoms with E-state index in [2.05, 4.69) is 15.9 Å². The van der Waals surface area contributed by atoms with Gasteiger partial charge in [-0.05, 0) is 46.3 Å². The maximum absolute atomic E-state index is 12.0. The van der Waals surface area contributed by atoms with Gasteiger partial charge in [-0.1, -0.05) is 23.7 Å². The van der Waals surface area contributed by atoms with Crippen LogP contribution in [0.15, 0.2) is 56.1 Å². The van der Waals surface area contributed by atoms with Crippen LogP contribution < -0.4 is 10.5 Å². The molecular formula is C16H11BrClNO4. The molecule has 0 saturated carbocycles. The van der Waals surface area contributed by atoms with E-state index in [9.17, 15) is 9.59 Å². The molecule has 1 aromatic heterocycles. The summed E-state index contributed by atoms with van der Waals surface area (Å²) in [5, 5.41) is 0.535. The van der Waals surface area contributed by atoms with E-state index in [0.717, 1.165) is 0 Å². The lowest BCUT2D eigenvalue weighted by Gasteiger charge is -2.07. The van der Waals surface area contributed by atoms with Gasteiger partial charge in [0, 0.05) is 11.6 Å². The molecule has 0 radical (unpaired) electrons. The highest BCUT2D eigenvalue weighted by Crippen LogP contribution is 2.28. The number of hydrogen-bond acceptors (Lipinski definition) is 4. The van der Waals surface area contributed by atoms with Crippen LogP contribution in [0, 0.1) is 0 Å². The maximum atomic E-state index is 12.0. The second kappa shape index (κ2) is 6.60. The number of aryl methyl sites for hydroxylation is 1. The number of fused-ring (bicyclic) bond motifs is 1. The van der Waals surface area contributed by atoms with Crippen molar-refractivity contribution in [3.8, 4) is 5.75 Å². The molecule has 3 aromatic rings. The first-order chi connectivity index (χ1) is 11.0. The number of benzene rings is 2. The highest BCUT2D eigenvalue weighted by molar-refractivity contribution is 9.10. The Hall–Kier alpha value is -2.05. The van der Waals surface area contributed by atoms with Crippen molar-refractivity contribution in [3.63, 3.8) is 0 Å². The van der Waals surface area contributed by atoms with Crippen LogP contribution in [0.5, 0.6) is 5.75 Å². The van der Waals surface area contributed by atoms with Crippen LogP contribution in [-0.2, 0) is 11.3 Å². The van der Waals surface area contributed by atoms with Crippen molar-refractivity contribution in [1.29, 1.82) is 0 Å². The van der Waals surface area contributed by atoms with Crippen molar-refractivity contribution in [3.05, 3.63) is 62.5 Å². The number of halogens is 2. The molecule has 0 spiro atoms. The van der Waals surface area contributed by atoms with Gasteiger partial charge in [-0.25, -0.2) is 4.79 Å². The van der Waals surface area contributed by atoms with Gasteiger partial charge < -0.3 is 9.15 Å². The standard InChI is InChI=1S/C16H11BrClNO4/c17-11-9-10(18)5-6-13(11)22-15(20)7-8-19-12-3-1-2-4-14(12)23-16(19)21/h1-6,9H,7-8H2. The van der Waals surface area contributed by atoms with Crippen LogP contribution in [0.3, 0.4) is 0 Å². The first-order valence-corrected chi connectivity index (χ1v) is 7.96. The molecule has 5 nitrogen and oxygen atoms in total. The lowest BCUT2D eigenvalue weighted by molar-refractivity contribution is -0.134. The number of carbonyl (C=O) groups excluding carboxylic acids is 1. The predicted octanol–water partition coefficient (Wildman–Crippen LogP) is 4.01. The Kier molecular flexibility index (Phi) is 4.54. The van der Waals surface area contributed by atoms with Crippen molar-refractivity contribution < 1.29 is 13.9 Å². The molecule has 0 aliphatic rings. The van der Waals surface area contributed by atoms with Crippen LogP contribution in [0.2, 0.25) is 5.02 Å². The summed E-state index contributed by atoms with van der Waals surface area (Å²) in [7, 11) is 0. The van der Waals surface area contributed by atoms with Gasteiger partial charge in [-0.3, -0.25) is 9.36 Å². The third kappa shape index (κ3) is 3.48. The number of carbonyl (C=O) groups is 1. The van der Waals surface area contributed by atoms with E-state index in [1.165, 1.54) is 4.57 Å². The van der Waals surface area contributed by atoms with Gasteiger partial charge in [-0.2, -0.15) is 0 Å². The van der Waals surface area contributed by atoms with Gasteiger partial charge in [0.25, 0.3) is 0 Å². The minimum Gasteiger partial charge on any atom is -0.425 e. The number of oxazole rings is 1. The van der Waals surface area contributed by atoms with Gasteiger partial charge in [0.05, 0.1) is 16.4 Å². The average molecular weight is 397 g/mol. The fourth-order valence-corrected chi connectivity index (χ4v) is 2.92.